The summed E-state index contributed by atoms with van der Waals surface area (Å²) in [6.45, 7) is 3.46. The maximum atomic E-state index is 13.7. The predicted molar refractivity (Wildman–Crippen MR) is 117 cm³/mol. The van der Waals surface area contributed by atoms with E-state index in [1.54, 1.807) is 12.3 Å². The Kier molecular flexibility index (Phi) is 5.21. The van der Waals surface area contributed by atoms with Crippen molar-refractivity contribution >= 4 is 5.91 Å². The molecule has 0 unspecified atom stereocenters. The van der Waals surface area contributed by atoms with E-state index in [1.165, 1.54) is 32.1 Å². The molecule has 0 N–H and O–H groups in total. The number of carbonyl (C=O) groups excluding carboxylic acids is 1. The Morgan fingerprint density at radius 1 is 1.20 bits per heavy atom. The summed E-state index contributed by atoms with van der Waals surface area (Å²) < 4.78 is 2.21. The highest BCUT2D eigenvalue weighted by atomic mass is 16.2. The van der Waals surface area contributed by atoms with Crippen LogP contribution in [0.3, 0.4) is 0 Å². The Balaban J connectivity index is 1.58. The van der Waals surface area contributed by atoms with Crippen LogP contribution in [0.25, 0.3) is 0 Å². The predicted octanol–water partition coefficient (Wildman–Crippen LogP) is 3.96. The maximum Gasteiger partial charge on any atom is 0.259 e. The molecule has 30 heavy (non-hydrogen) atoms. The van der Waals surface area contributed by atoms with E-state index in [0.29, 0.717) is 30.0 Å². The van der Waals surface area contributed by atoms with Crippen LogP contribution in [0.2, 0.25) is 0 Å². The van der Waals surface area contributed by atoms with Gasteiger partial charge in [0.15, 0.2) is 5.43 Å². The van der Waals surface area contributed by atoms with Gasteiger partial charge in [0.1, 0.15) is 5.56 Å². The third-order valence-electron chi connectivity index (χ3n) is 7.53. The molecule has 3 heterocycles. The summed E-state index contributed by atoms with van der Waals surface area (Å²) in [6.07, 6.45) is 12.8. The van der Waals surface area contributed by atoms with Crippen molar-refractivity contribution in [3.8, 4) is 0 Å². The van der Waals surface area contributed by atoms with Gasteiger partial charge in [-0.1, -0.05) is 31.7 Å². The third-order valence-corrected chi connectivity index (χ3v) is 7.53. The molecule has 3 aliphatic rings. The van der Waals surface area contributed by atoms with Crippen molar-refractivity contribution in [2.24, 2.45) is 11.8 Å². The zero-order chi connectivity index (χ0) is 20.7. The summed E-state index contributed by atoms with van der Waals surface area (Å²) >= 11 is 0. The highest BCUT2D eigenvalue weighted by molar-refractivity contribution is 5.95. The van der Waals surface area contributed by atoms with Gasteiger partial charge in [-0.2, -0.15) is 0 Å². The molecule has 2 saturated carbocycles. The standard InChI is InChI=1S/C25H31N3O2/c1-17-11-23(29)24(25(30)28-15-19-8-9-21(28)12-19)22(13-18-5-2-3-6-18)27(17)16-20-7-4-10-26-14-20/h4,7,10-11,14,18-19,21H,2-3,5-6,8-9,12-13,15-16H2,1H3/t19-,21+/m1/s1. The first-order chi connectivity index (χ1) is 14.6. The molecule has 2 aliphatic carbocycles. The van der Waals surface area contributed by atoms with E-state index in [4.69, 9.17) is 0 Å². The molecular weight excluding hydrogens is 374 g/mol. The molecule has 5 rings (SSSR count). The zero-order valence-electron chi connectivity index (χ0n) is 17.8. The molecule has 0 radical (unpaired) electrons. The number of likely N-dealkylation sites (tertiary alicyclic amines) is 1. The molecule has 5 nitrogen and oxygen atoms in total. The maximum absolute atomic E-state index is 13.7. The topological polar surface area (TPSA) is 55.2 Å². The van der Waals surface area contributed by atoms with Gasteiger partial charge >= 0.3 is 0 Å². The van der Waals surface area contributed by atoms with Crippen molar-refractivity contribution in [2.75, 3.05) is 6.54 Å². The van der Waals surface area contributed by atoms with E-state index in [-0.39, 0.29) is 11.3 Å². The number of aryl methyl sites for hydroxylation is 1. The fourth-order valence-electron chi connectivity index (χ4n) is 5.97. The van der Waals surface area contributed by atoms with Crippen LogP contribution in [0, 0.1) is 18.8 Å². The average Bonchev–Trinajstić information content (AvgIpc) is 3.50. The lowest BCUT2D eigenvalue weighted by Crippen LogP contribution is -2.41. The number of carbonyl (C=O) groups is 1. The SMILES string of the molecule is Cc1cc(=O)c(C(=O)N2C[C@@H]3CC[C@H]2C3)c(CC2CCCC2)n1Cc1cccnc1. The number of aromatic nitrogens is 2. The lowest BCUT2D eigenvalue weighted by molar-refractivity contribution is 0.0699. The number of amides is 1. The zero-order valence-corrected chi connectivity index (χ0v) is 17.8. The molecule has 0 spiro atoms. The molecule has 2 aromatic rings. The third kappa shape index (κ3) is 3.59. The van der Waals surface area contributed by atoms with Gasteiger partial charge in [0.2, 0.25) is 0 Å². The van der Waals surface area contributed by atoms with Gasteiger partial charge in [0, 0.05) is 49.0 Å². The fraction of sp³-hybridized carbons (Fsp3) is 0.560. The smallest absolute Gasteiger partial charge is 0.259 e. The molecule has 2 bridgehead atoms. The Hall–Kier alpha value is -2.43. The van der Waals surface area contributed by atoms with E-state index in [1.807, 2.05) is 24.1 Å². The minimum absolute atomic E-state index is 0.0277. The highest BCUT2D eigenvalue weighted by Gasteiger charge is 2.41. The molecule has 1 amide bonds. The van der Waals surface area contributed by atoms with E-state index in [2.05, 4.69) is 15.6 Å². The molecular formula is C25H31N3O2. The molecule has 2 aromatic heterocycles. The van der Waals surface area contributed by atoms with Gasteiger partial charge in [0.25, 0.3) is 5.91 Å². The minimum atomic E-state index is -0.101. The van der Waals surface area contributed by atoms with E-state index in [0.717, 1.165) is 42.8 Å². The van der Waals surface area contributed by atoms with Crippen LogP contribution in [-0.4, -0.2) is 32.9 Å². The Labute approximate surface area is 178 Å². The first-order valence-corrected chi connectivity index (χ1v) is 11.5. The van der Waals surface area contributed by atoms with Gasteiger partial charge in [-0.05, 0) is 56.1 Å². The first kappa shape index (κ1) is 19.5. The van der Waals surface area contributed by atoms with Gasteiger partial charge in [-0.3, -0.25) is 14.6 Å². The van der Waals surface area contributed by atoms with E-state index < -0.39 is 0 Å². The summed E-state index contributed by atoms with van der Waals surface area (Å²) in [6, 6.07) is 5.99. The van der Waals surface area contributed by atoms with Crippen molar-refractivity contribution in [1.29, 1.82) is 0 Å². The number of hydrogen-bond donors (Lipinski definition) is 0. The normalized spacial score (nSPS) is 23.4. The van der Waals surface area contributed by atoms with Crippen molar-refractivity contribution in [3.05, 3.63) is 63.3 Å². The fourth-order valence-corrected chi connectivity index (χ4v) is 5.97. The van der Waals surface area contributed by atoms with Crippen LogP contribution in [0.4, 0.5) is 0 Å². The molecule has 1 saturated heterocycles. The molecule has 3 fully saturated rings. The first-order valence-electron chi connectivity index (χ1n) is 11.5. The second-order valence-corrected chi connectivity index (χ2v) is 9.56. The van der Waals surface area contributed by atoms with Crippen LogP contribution in [-0.2, 0) is 13.0 Å². The quantitative estimate of drug-likeness (QED) is 0.757. The van der Waals surface area contributed by atoms with Crippen molar-refractivity contribution in [1.82, 2.24) is 14.5 Å². The minimum Gasteiger partial charge on any atom is -0.343 e. The van der Waals surface area contributed by atoms with Gasteiger partial charge < -0.3 is 9.47 Å². The number of fused-ring (bicyclic) bond motifs is 2. The van der Waals surface area contributed by atoms with E-state index in [9.17, 15) is 9.59 Å². The summed E-state index contributed by atoms with van der Waals surface area (Å²) in [7, 11) is 0. The summed E-state index contributed by atoms with van der Waals surface area (Å²) in [5.74, 6) is 1.16. The lowest BCUT2D eigenvalue weighted by Gasteiger charge is -2.29. The van der Waals surface area contributed by atoms with Gasteiger partial charge in [-0.15, -0.1) is 0 Å². The number of pyridine rings is 2. The van der Waals surface area contributed by atoms with E-state index >= 15 is 0 Å². The Morgan fingerprint density at radius 3 is 2.70 bits per heavy atom. The number of rotatable bonds is 5. The van der Waals surface area contributed by atoms with Crippen molar-refractivity contribution < 1.29 is 4.79 Å². The molecule has 1 aliphatic heterocycles. The number of hydrogen-bond acceptors (Lipinski definition) is 3. The van der Waals surface area contributed by atoms with Gasteiger partial charge in [0.05, 0.1) is 0 Å². The monoisotopic (exact) mass is 405 g/mol. The van der Waals surface area contributed by atoms with Crippen molar-refractivity contribution in [3.63, 3.8) is 0 Å². The van der Waals surface area contributed by atoms with Crippen LogP contribution in [0.15, 0.2) is 35.4 Å². The number of piperidine rings is 1. The molecule has 0 aromatic carbocycles. The van der Waals surface area contributed by atoms with Crippen LogP contribution in [0.5, 0.6) is 0 Å². The van der Waals surface area contributed by atoms with Crippen LogP contribution >= 0.6 is 0 Å². The Morgan fingerprint density at radius 2 is 2.03 bits per heavy atom. The lowest BCUT2D eigenvalue weighted by atomic mass is 9.96. The molecule has 2 atom stereocenters. The van der Waals surface area contributed by atoms with Crippen LogP contribution in [0.1, 0.15) is 72.3 Å². The molecule has 158 valence electrons. The second kappa shape index (κ2) is 8.01. The number of nitrogens with zero attached hydrogens (tertiary/aromatic N) is 3. The van der Waals surface area contributed by atoms with Crippen molar-refractivity contribution in [2.45, 2.75) is 70.9 Å². The average molecular weight is 406 g/mol. The summed E-state index contributed by atoms with van der Waals surface area (Å²) in [4.78, 5) is 33.1. The molecule has 5 heteroatoms. The second-order valence-electron chi connectivity index (χ2n) is 9.56. The highest BCUT2D eigenvalue weighted by Crippen LogP contribution is 2.38. The largest absolute Gasteiger partial charge is 0.343 e. The summed E-state index contributed by atoms with van der Waals surface area (Å²) in [5, 5.41) is 0. The van der Waals surface area contributed by atoms with Gasteiger partial charge in [-0.25, -0.2) is 0 Å². The summed E-state index contributed by atoms with van der Waals surface area (Å²) in [5.41, 5.74) is 3.30. The van der Waals surface area contributed by atoms with Crippen LogP contribution < -0.4 is 5.43 Å². The Bertz CT molecular complexity index is 991.